The maximum atomic E-state index is 13.0. The van der Waals surface area contributed by atoms with Crippen molar-refractivity contribution in [1.82, 2.24) is 9.88 Å². The van der Waals surface area contributed by atoms with Crippen molar-refractivity contribution in [2.24, 2.45) is 5.92 Å². The van der Waals surface area contributed by atoms with Crippen molar-refractivity contribution in [1.29, 1.82) is 0 Å². The number of amides is 1. The Hall–Kier alpha value is -2.47. The second-order valence-corrected chi connectivity index (χ2v) is 8.13. The van der Waals surface area contributed by atoms with Gasteiger partial charge in [0, 0.05) is 12.0 Å². The van der Waals surface area contributed by atoms with Gasteiger partial charge in [-0.3, -0.25) is 4.79 Å². The van der Waals surface area contributed by atoms with Gasteiger partial charge in [0.15, 0.2) is 11.5 Å². The number of fused-ring (bicyclic) bond motifs is 1. The first kappa shape index (κ1) is 19.8. The second-order valence-electron chi connectivity index (χ2n) is 7.73. The number of aromatic nitrogens is 1. The lowest BCUT2D eigenvalue weighted by molar-refractivity contribution is -0.113. The molecule has 1 amide bonds. The van der Waals surface area contributed by atoms with Gasteiger partial charge in [-0.25, -0.2) is 13.8 Å². The molecule has 2 heterocycles. The van der Waals surface area contributed by atoms with Crippen LogP contribution in [0.25, 0.3) is 22.2 Å². The molecule has 0 spiro atoms. The number of hydrogen-bond donors (Lipinski definition) is 0. The number of likely N-dealkylation sites (tertiary alicyclic amines) is 1. The Morgan fingerprint density at radius 3 is 2.55 bits per heavy atom. The molecule has 1 saturated heterocycles. The predicted octanol–water partition coefficient (Wildman–Crippen LogP) is 5.83. The molecule has 4 rings (SSSR count). The van der Waals surface area contributed by atoms with Gasteiger partial charge in [0.2, 0.25) is 0 Å². The van der Waals surface area contributed by atoms with Crippen molar-refractivity contribution in [3.05, 3.63) is 52.9 Å². The van der Waals surface area contributed by atoms with Crippen LogP contribution in [-0.2, 0) is 6.42 Å². The molecular weight excluding hydrogens is 398 g/mol. The number of oxazole rings is 1. The maximum Gasteiger partial charge on any atom is 0.282 e. The van der Waals surface area contributed by atoms with Crippen LogP contribution in [0, 0.1) is 5.92 Å². The first-order chi connectivity index (χ1) is 13.8. The number of benzene rings is 2. The molecule has 7 heteroatoms. The van der Waals surface area contributed by atoms with E-state index in [1.807, 2.05) is 6.07 Å². The smallest absolute Gasteiger partial charge is 0.282 e. The third-order valence-electron chi connectivity index (χ3n) is 5.31. The van der Waals surface area contributed by atoms with Crippen molar-refractivity contribution in [3.63, 3.8) is 0 Å². The fraction of sp³-hybridized carbons (Fsp3) is 0.364. The quantitative estimate of drug-likeness (QED) is 0.523. The van der Waals surface area contributed by atoms with Gasteiger partial charge in [0.25, 0.3) is 11.8 Å². The van der Waals surface area contributed by atoms with Gasteiger partial charge < -0.3 is 9.32 Å². The van der Waals surface area contributed by atoms with E-state index in [0.717, 1.165) is 28.9 Å². The summed E-state index contributed by atoms with van der Waals surface area (Å²) in [5.41, 5.74) is 3.34. The van der Waals surface area contributed by atoms with Crippen LogP contribution < -0.4 is 0 Å². The van der Waals surface area contributed by atoms with Gasteiger partial charge in [0.05, 0.1) is 18.1 Å². The van der Waals surface area contributed by atoms with E-state index in [1.54, 1.807) is 30.3 Å². The van der Waals surface area contributed by atoms with Crippen molar-refractivity contribution in [2.75, 3.05) is 13.1 Å². The van der Waals surface area contributed by atoms with Crippen molar-refractivity contribution >= 4 is 28.6 Å². The molecule has 4 nitrogen and oxygen atoms in total. The highest BCUT2D eigenvalue weighted by atomic mass is 35.5. The number of carbonyl (C=O) groups is 1. The van der Waals surface area contributed by atoms with Crippen LogP contribution >= 0.6 is 11.6 Å². The largest absolute Gasteiger partial charge is 0.439 e. The van der Waals surface area contributed by atoms with E-state index < -0.39 is 19.0 Å². The molecule has 1 unspecified atom stereocenters. The number of carbonyl (C=O) groups excluding carboxylic acids is 1. The normalized spacial score (nSPS) is 16.7. The lowest BCUT2D eigenvalue weighted by Gasteiger charge is -2.38. The average molecular weight is 419 g/mol. The van der Waals surface area contributed by atoms with Crippen LogP contribution in [-0.4, -0.2) is 34.8 Å². The molecule has 29 heavy (non-hydrogen) atoms. The minimum Gasteiger partial charge on any atom is -0.439 e. The molecule has 0 bridgehead atoms. The summed E-state index contributed by atoms with van der Waals surface area (Å²) in [5, 5.41) is 0.475. The Balaban J connectivity index is 1.57. The summed E-state index contributed by atoms with van der Waals surface area (Å²) in [5.74, 6) is -2.02. The van der Waals surface area contributed by atoms with E-state index in [-0.39, 0.29) is 5.91 Å². The minimum atomic E-state index is -2.77. The van der Waals surface area contributed by atoms with Crippen molar-refractivity contribution < 1.29 is 18.0 Å². The van der Waals surface area contributed by atoms with Gasteiger partial charge in [-0.15, -0.1) is 0 Å². The van der Waals surface area contributed by atoms with E-state index in [2.05, 4.69) is 18.8 Å². The summed E-state index contributed by atoms with van der Waals surface area (Å²) in [7, 11) is 0. The molecule has 0 aliphatic carbocycles. The first-order valence-corrected chi connectivity index (χ1v) is 10.00. The van der Waals surface area contributed by atoms with Gasteiger partial charge in [-0.1, -0.05) is 44.0 Å². The van der Waals surface area contributed by atoms with E-state index in [0.29, 0.717) is 33.5 Å². The monoisotopic (exact) mass is 418 g/mol. The fourth-order valence-corrected chi connectivity index (χ4v) is 3.63. The second kappa shape index (κ2) is 7.41. The summed E-state index contributed by atoms with van der Waals surface area (Å²) in [6, 6.07) is 10.5. The molecule has 0 saturated carbocycles. The zero-order valence-electron chi connectivity index (χ0n) is 16.2. The SMILES string of the molecule is CCC(C)Cc1nc2cc(-c3ccc(C(=O)N4CC(F)(F)C4)cc3)cc(Cl)c2o1. The predicted molar refractivity (Wildman–Crippen MR) is 108 cm³/mol. The van der Waals surface area contributed by atoms with Gasteiger partial charge in [0.1, 0.15) is 5.52 Å². The average Bonchev–Trinajstić information content (AvgIpc) is 3.08. The topological polar surface area (TPSA) is 46.3 Å². The molecule has 1 aliphatic heterocycles. The molecule has 0 radical (unpaired) electrons. The highest BCUT2D eigenvalue weighted by Crippen LogP contribution is 2.33. The van der Waals surface area contributed by atoms with Crippen LogP contribution in [0.2, 0.25) is 5.02 Å². The van der Waals surface area contributed by atoms with E-state index in [4.69, 9.17) is 16.0 Å². The lowest BCUT2D eigenvalue weighted by atomic mass is 10.0. The van der Waals surface area contributed by atoms with Crippen LogP contribution in [0.5, 0.6) is 0 Å². The Labute approximate surface area is 172 Å². The van der Waals surface area contributed by atoms with Crippen LogP contribution in [0.1, 0.15) is 36.5 Å². The molecule has 1 fully saturated rings. The summed E-state index contributed by atoms with van der Waals surface area (Å²) >= 11 is 6.41. The fourth-order valence-electron chi connectivity index (χ4n) is 3.38. The van der Waals surface area contributed by atoms with E-state index in [1.165, 1.54) is 0 Å². The maximum absolute atomic E-state index is 13.0. The molecule has 3 aromatic rings. The van der Waals surface area contributed by atoms with Crippen molar-refractivity contribution in [2.45, 2.75) is 32.6 Å². The standard InChI is InChI=1S/C22H21ClF2N2O2/c1-3-13(2)8-19-26-18-10-16(9-17(23)20(18)29-19)14-4-6-15(7-5-14)21(28)27-11-22(24,25)12-27/h4-7,9-10,13H,3,8,11-12H2,1-2H3. The summed E-state index contributed by atoms with van der Waals surface area (Å²) in [6.07, 6.45) is 1.79. The highest BCUT2D eigenvalue weighted by molar-refractivity contribution is 6.35. The zero-order valence-corrected chi connectivity index (χ0v) is 17.0. The van der Waals surface area contributed by atoms with Crippen LogP contribution in [0.3, 0.4) is 0 Å². The number of rotatable bonds is 5. The van der Waals surface area contributed by atoms with E-state index >= 15 is 0 Å². The third-order valence-corrected chi connectivity index (χ3v) is 5.59. The van der Waals surface area contributed by atoms with Gasteiger partial charge >= 0.3 is 0 Å². The summed E-state index contributed by atoms with van der Waals surface area (Å²) in [6.45, 7) is 3.22. The number of alkyl halides is 2. The molecular formula is C22H21ClF2N2O2. The molecule has 1 atom stereocenters. The Bertz CT molecular complexity index is 1050. The molecule has 0 N–H and O–H groups in total. The molecule has 152 valence electrons. The molecule has 1 aliphatic rings. The molecule has 2 aromatic carbocycles. The number of halogens is 3. The van der Waals surface area contributed by atoms with Gasteiger partial charge in [-0.05, 0) is 41.3 Å². The molecule has 1 aromatic heterocycles. The highest BCUT2D eigenvalue weighted by Gasteiger charge is 2.46. The number of hydrogen-bond acceptors (Lipinski definition) is 3. The third kappa shape index (κ3) is 3.99. The summed E-state index contributed by atoms with van der Waals surface area (Å²) in [4.78, 5) is 18.0. The van der Waals surface area contributed by atoms with Gasteiger partial charge in [-0.2, -0.15) is 0 Å². The Morgan fingerprint density at radius 1 is 1.24 bits per heavy atom. The Kier molecular flexibility index (Phi) is 5.07. The van der Waals surface area contributed by atoms with E-state index in [9.17, 15) is 13.6 Å². The summed E-state index contributed by atoms with van der Waals surface area (Å²) < 4.78 is 31.8. The zero-order chi connectivity index (χ0) is 20.8. The minimum absolute atomic E-state index is 0.383. The van der Waals surface area contributed by atoms with Crippen molar-refractivity contribution in [3.8, 4) is 11.1 Å². The van der Waals surface area contributed by atoms with Crippen LogP contribution in [0.15, 0.2) is 40.8 Å². The first-order valence-electron chi connectivity index (χ1n) is 9.62. The number of nitrogens with zero attached hydrogens (tertiary/aromatic N) is 2. The Morgan fingerprint density at radius 2 is 1.93 bits per heavy atom. The van der Waals surface area contributed by atoms with Crippen LogP contribution in [0.4, 0.5) is 8.78 Å². The lowest BCUT2D eigenvalue weighted by Crippen LogP contribution is -2.58.